The number of nitrogens with one attached hydrogen (secondary N) is 1. The van der Waals surface area contributed by atoms with E-state index < -0.39 is 96.0 Å². The molecule has 0 radical (unpaired) electrons. The maximum Gasteiger partial charge on any atom is 0.311 e. The van der Waals surface area contributed by atoms with Gasteiger partial charge in [0.15, 0.2) is 18.4 Å². The van der Waals surface area contributed by atoms with Crippen molar-refractivity contribution < 1.29 is 68.3 Å². The highest BCUT2D eigenvalue weighted by Crippen LogP contribution is 2.66. The van der Waals surface area contributed by atoms with Crippen molar-refractivity contribution in [3.8, 4) is 0 Å². The molecular weight excluding hydrogens is 975 g/mol. The van der Waals surface area contributed by atoms with Gasteiger partial charge in [-0.05, 0) is 173 Å². The Labute approximate surface area is 454 Å². The number of fused-ring (bicyclic) bond motifs is 5. The van der Waals surface area contributed by atoms with Crippen molar-refractivity contribution in [1.82, 2.24) is 15.1 Å². The molecule has 436 valence electrons. The van der Waals surface area contributed by atoms with Gasteiger partial charge < -0.3 is 64.2 Å². The Balaban J connectivity index is 1.10. The minimum Gasteiger partial charge on any atom is -0.459 e. The third-order valence-electron chi connectivity index (χ3n) is 20.9. The summed E-state index contributed by atoms with van der Waals surface area (Å²) in [6.07, 6.45) is 1.01. The van der Waals surface area contributed by atoms with Crippen LogP contribution < -0.4 is 5.32 Å². The van der Waals surface area contributed by atoms with Crippen LogP contribution in [-0.2, 0) is 42.8 Å². The summed E-state index contributed by atoms with van der Waals surface area (Å²) in [5, 5.41) is 62.6. The molecule has 0 aromatic rings. The molecule has 17 heteroatoms. The van der Waals surface area contributed by atoms with E-state index in [1.807, 2.05) is 38.9 Å². The Morgan fingerprint density at radius 3 is 2.29 bits per heavy atom. The highest BCUT2D eigenvalue weighted by molar-refractivity contribution is 5.91. The first-order valence-electron chi connectivity index (χ1n) is 29.3. The maximum absolute atomic E-state index is 14.6. The topological polar surface area (TPSA) is 226 Å². The van der Waals surface area contributed by atoms with Crippen LogP contribution in [-0.4, -0.2) is 185 Å². The molecule has 0 bridgehead atoms. The van der Waals surface area contributed by atoms with Crippen molar-refractivity contribution in [3.63, 3.8) is 0 Å². The van der Waals surface area contributed by atoms with Crippen LogP contribution in [0.5, 0.6) is 0 Å². The zero-order valence-electron chi connectivity index (χ0n) is 48.8. The second kappa shape index (κ2) is 24.1. The van der Waals surface area contributed by atoms with Crippen LogP contribution in [0.1, 0.15) is 166 Å². The SMILES string of the molecule is CC[C@H]1OC(=O)[C@H](C)[C@@H](O[C@@H]2C[C@](C)(OC)[C@H](O)[C@@H](C)O2)C[C@@H](O[C@H]2O[C@@H](C)C[C@H](N(C)C)C2O)C(C)(C)CCCN(CCCNC(=O)[C@H]2CCC3C4CCC5=CC(=O)CC[C@]5(C)C4[C@@H](O)C[C@@]32C)[C@H](C)[C@H](O)[C@@]1(C)O. The average molecular weight is 1080 g/mol. The summed E-state index contributed by atoms with van der Waals surface area (Å²) < 4.78 is 38.5. The van der Waals surface area contributed by atoms with Crippen LogP contribution in [0.3, 0.4) is 0 Å². The fourth-order valence-corrected chi connectivity index (χ4v) is 15.8. The predicted octanol–water partition coefficient (Wildman–Crippen LogP) is 5.68. The quantitative estimate of drug-likeness (QED) is 0.102. The van der Waals surface area contributed by atoms with Gasteiger partial charge in [-0.25, -0.2) is 0 Å². The van der Waals surface area contributed by atoms with Crippen LogP contribution in [0.4, 0.5) is 0 Å². The number of aliphatic hydroxyl groups is 5. The monoisotopic (exact) mass is 1080 g/mol. The fraction of sp³-hybridized carbons (Fsp3) is 0.915. The number of esters is 1. The molecule has 6 fully saturated rings. The summed E-state index contributed by atoms with van der Waals surface area (Å²) in [5.74, 6) is -0.895. The lowest BCUT2D eigenvalue weighted by Crippen LogP contribution is -2.59. The first kappa shape index (κ1) is 61.5. The van der Waals surface area contributed by atoms with Crippen LogP contribution in [0, 0.1) is 45.8 Å². The standard InChI is InChI=1S/C59H101N3O14/c1-15-45-59(11,70)50(66)35(4)62(27-17-25-60-52(68)41-21-20-40-39-19-18-37-29-38(63)22-24-56(37,8)48(39)43(64)31-57(40,41)9)26-16-23-55(6,7)46(76-54-49(65)42(61(12)13)28-33(2)72-54)30-44(34(3)53(69)75-45)74-47-32-58(10,71-14)51(67)36(5)73-47/h29,33-36,39-51,54,64-67,70H,15-28,30-32H2,1-14H3,(H,60,68)/t33-,34+,35+,36+,39?,40?,41+,42-,43-,44-,45+,46+,47+,48?,49?,50-,51+,54+,56-,57-,58-,59-/m0/s1. The van der Waals surface area contributed by atoms with E-state index in [1.165, 1.54) is 19.6 Å². The Kier molecular flexibility index (Phi) is 19.5. The Hall–Kier alpha value is -2.13. The summed E-state index contributed by atoms with van der Waals surface area (Å²) in [7, 11) is 5.39. The zero-order valence-corrected chi connectivity index (χ0v) is 48.8. The van der Waals surface area contributed by atoms with E-state index in [-0.39, 0.29) is 65.8 Å². The molecule has 6 N–H and O–H groups in total. The zero-order chi connectivity index (χ0) is 56.0. The second-order valence-corrected chi connectivity index (χ2v) is 26.6. The highest BCUT2D eigenvalue weighted by atomic mass is 16.7. The van der Waals surface area contributed by atoms with Gasteiger partial charge in [-0.3, -0.25) is 19.3 Å². The minimum absolute atomic E-state index is 0.0136. The van der Waals surface area contributed by atoms with Crippen LogP contribution >= 0.6 is 0 Å². The molecule has 4 unspecified atom stereocenters. The number of hydrogen-bond acceptors (Lipinski definition) is 16. The van der Waals surface area contributed by atoms with E-state index in [0.717, 1.165) is 32.1 Å². The highest BCUT2D eigenvalue weighted by Gasteiger charge is 2.63. The second-order valence-electron chi connectivity index (χ2n) is 26.6. The van der Waals surface area contributed by atoms with Crippen molar-refractivity contribution in [3.05, 3.63) is 11.6 Å². The molecule has 0 spiro atoms. The number of ketones is 1. The van der Waals surface area contributed by atoms with Gasteiger partial charge in [-0.2, -0.15) is 0 Å². The molecule has 22 atom stereocenters. The number of carbonyl (C=O) groups excluding carboxylic acids is 3. The number of nitrogens with zero attached hydrogens (tertiary/aromatic N) is 2. The number of amides is 1. The lowest BCUT2D eigenvalue weighted by molar-refractivity contribution is -0.303. The Morgan fingerprint density at radius 2 is 1.62 bits per heavy atom. The molecule has 7 aliphatic rings. The molecule has 7 rings (SSSR count). The molecule has 17 nitrogen and oxygen atoms in total. The number of ether oxygens (including phenoxy) is 6. The molecule has 4 aliphatic carbocycles. The Morgan fingerprint density at radius 1 is 0.908 bits per heavy atom. The van der Waals surface area contributed by atoms with E-state index >= 15 is 0 Å². The lowest BCUT2D eigenvalue weighted by atomic mass is 9.46. The van der Waals surface area contributed by atoms with E-state index in [1.54, 1.807) is 27.7 Å². The summed E-state index contributed by atoms with van der Waals surface area (Å²) in [6, 6.07) is -0.830. The predicted molar refractivity (Wildman–Crippen MR) is 286 cm³/mol. The number of aliphatic hydroxyl groups excluding tert-OH is 4. The largest absolute Gasteiger partial charge is 0.459 e. The number of cyclic esters (lactones) is 1. The molecule has 0 aromatic heterocycles. The fourth-order valence-electron chi connectivity index (χ4n) is 15.8. The van der Waals surface area contributed by atoms with Gasteiger partial charge in [0, 0.05) is 57.5 Å². The van der Waals surface area contributed by atoms with Crippen molar-refractivity contribution in [2.75, 3.05) is 40.8 Å². The van der Waals surface area contributed by atoms with Crippen LogP contribution in [0.25, 0.3) is 0 Å². The van der Waals surface area contributed by atoms with Crippen molar-refractivity contribution >= 4 is 17.7 Å². The van der Waals surface area contributed by atoms with Crippen molar-refractivity contribution in [1.29, 1.82) is 0 Å². The third-order valence-corrected chi connectivity index (χ3v) is 20.9. The molecule has 3 saturated carbocycles. The summed E-state index contributed by atoms with van der Waals surface area (Å²) in [6.45, 7) is 22.5. The van der Waals surface area contributed by atoms with Crippen LogP contribution in [0.15, 0.2) is 11.6 Å². The maximum atomic E-state index is 14.6. The lowest BCUT2D eigenvalue weighted by Gasteiger charge is -2.59. The average Bonchev–Trinajstić information content (AvgIpc) is 3.74. The molecule has 3 heterocycles. The van der Waals surface area contributed by atoms with Crippen molar-refractivity contribution in [2.45, 2.75) is 257 Å². The normalized spacial score (nSPS) is 46.9. The third kappa shape index (κ3) is 12.4. The van der Waals surface area contributed by atoms with Crippen molar-refractivity contribution in [2.24, 2.45) is 45.8 Å². The Bertz CT molecular complexity index is 2040. The summed E-state index contributed by atoms with van der Waals surface area (Å²) in [4.78, 5) is 45.5. The molecule has 3 aliphatic heterocycles. The van der Waals surface area contributed by atoms with Gasteiger partial charge in [0.25, 0.3) is 0 Å². The molecule has 76 heavy (non-hydrogen) atoms. The minimum atomic E-state index is -1.87. The molecular formula is C59H101N3O14. The van der Waals surface area contributed by atoms with Crippen LogP contribution in [0.2, 0.25) is 0 Å². The number of rotatable bonds is 12. The van der Waals surface area contributed by atoms with Gasteiger partial charge in [-0.15, -0.1) is 0 Å². The smallest absolute Gasteiger partial charge is 0.311 e. The van der Waals surface area contributed by atoms with Gasteiger partial charge >= 0.3 is 5.97 Å². The number of allylic oxidation sites excluding steroid dienone is 1. The number of hydrogen-bond donors (Lipinski definition) is 6. The first-order valence-corrected chi connectivity index (χ1v) is 29.3. The summed E-state index contributed by atoms with van der Waals surface area (Å²) in [5.41, 5.74) is -2.83. The molecule has 3 saturated heterocycles. The number of likely N-dealkylation sites (N-methyl/N-ethyl adjacent to an activating group) is 1. The number of methoxy groups -OCH3 is 1. The molecule has 0 aromatic carbocycles. The van der Waals surface area contributed by atoms with E-state index in [9.17, 15) is 39.9 Å². The van der Waals surface area contributed by atoms with E-state index in [0.29, 0.717) is 70.0 Å². The summed E-state index contributed by atoms with van der Waals surface area (Å²) >= 11 is 0. The van der Waals surface area contributed by atoms with Gasteiger partial charge in [0.2, 0.25) is 5.91 Å². The van der Waals surface area contributed by atoms with Gasteiger partial charge in [-0.1, -0.05) is 40.2 Å². The first-order chi connectivity index (χ1) is 35.5. The number of carbonyl (C=O) groups is 3. The van der Waals surface area contributed by atoms with E-state index in [2.05, 4.69) is 37.9 Å². The van der Waals surface area contributed by atoms with Gasteiger partial charge in [0.1, 0.15) is 30.0 Å². The van der Waals surface area contributed by atoms with Gasteiger partial charge in [0.05, 0.1) is 42.0 Å². The van der Waals surface area contributed by atoms with E-state index in [4.69, 9.17) is 28.4 Å². The molecule has 1 amide bonds.